The van der Waals surface area contributed by atoms with E-state index in [0.29, 0.717) is 0 Å². The van der Waals surface area contributed by atoms with Crippen LogP contribution in [0.15, 0.2) is 66.9 Å². The Morgan fingerprint density at radius 1 is 0.727 bits per heavy atom. The van der Waals surface area contributed by atoms with Crippen LogP contribution in [0, 0.1) is 0 Å². The molecule has 3 nitrogen and oxygen atoms in total. The Morgan fingerprint density at radius 3 is 2.27 bits per heavy atom. The summed E-state index contributed by atoms with van der Waals surface area (Å²) in [5, 5.41) is 12.1. The van der Waals surface area contributed by atoms with Crippen molar-refractivity contribution in [3.63, 3.8) is 0 Å². The van der Waals surface area contributed by atoms with E-state index in [2.05, 4.69) is 4.98 Å². The zero-order chi connectivity index (χ0) is 14.2. The number of para-hydroxylation sites is 1. The maximum atomic E-state index is 9.99. The summed E-state index contributed by atoms with van der Waals surface area (Å²) in [7, 11) is 0. The van der Waals surface area contributed by atoms with Gasteiger partial charge in [0.15, 0.2) is 0 Å². The Kier molecular flexibility index (Phi) is 3.85. The molecule has 2 aromatic carbocycles. The molecule has 0 spiro atoms. The Bertz CT molecular complexity index is 969. The summed E-state index contributed by atoms with van der Waals surface area (Å²) in [6.45, 7) is 0. The first-order valence-electron chi connectivity index (χ1n) is 6.76. The fraction of sp³-hybridized carbons (Fsp3) is 0. The molecule has 22 heavy (non-hydrogen) atoms. The number of hydrogen-bond acceptors (Lipinski definition) is 3. The molecule has 4 heteroatoms. The number of fused-ring (bicyclic) bond motifs is 3. The molecular formula is C18H13LiN2O. The Balaban J connectivity index is 0.00000144. The second-order valence-electron chi connectivity index (χ2n) is 4.93. The summed E-state index contributed by atoms with van der Waals surface area (Å²) in [5.74, 6) is 0.234. The molecule has 0 fully saturated rings. The molecule has 0 radical (unpaired) electrons. The quantitative estimate of drug-likeness (QED) is 0.429. The van der Waals surface area contributed by atoms with Gasteiger partial charge in [0.1, 0.15) is 5.75 Å². The number of rotatable bonds is 1. The van der Waals surface area contributed by atoms with E-state index >= 15 is 0 Å². The number of benzene rings is 2. The van der Waals surface area contributed by atoms with Gasteiger partial charge in [-0.2, -0.15) is 0 Å². The van der Waals surface area contributed by atoms with Crippen molar-refractivity contribution in [1.82, 2.24) is 9.97 Å². The monoisotopic (exact) mass is 280 g/mol. The standard InChI is InChI=1S/C18H12N2O.Li.H/c21-16-6-2-1-5-14(16)15-10-9-13-8-7-12-4-3-11-19-17(12)18(13)20-15;;/h1-11,21H;;. The summed E-state index contributed by atoms with van der Waals surface area (Å²) >= 11 is 0. The van der Waals surface area contributed by atoms with Gasteiger partial charge in [0.25, 0.3) is 0 Å². The minimum absolute atomic E-state index is 0. The van der Waals surface area contributed by atoms with E-state index in [-0.39, 0.29) is 24.6 Å². The SMILES string of the molecule is Oc1ccccc1-c1ccc2ccc3cccnc3c2n1.[LiH]. The zero-order valence-electron chi connectivity index (χ0n) is 11.2. The third-order valence-corrected chi connectivity index (χ3v) is 3.61. The van der Waals surface area contributed by atoms with Crippen molar-refractivity contribution in [3.8, 4) is 17.0 Å². The molecule has 0 saturated carbocycles. The molecule has 0 atom stereocenters. The summed E-state index contributed by atoms with van der Waals surface area (Å²) in [4.78, 5) is 9.15. The number of phenols is 1. The van der Waals surface area contributed by atoms with Crippen LogP contribution in [0.4, 0.5) is 0 Å². The molecule has 0 unspecified atom stereocenters. The maximum absolute atomic E-state index is 9.99. The third-order valence-electron chi connectivity index (χ3n) is 3.61. The van der Waals surface area contributed by atoms with Crippen molar-refractivity contribution >= 4 is 40.7 Å². The first-order valence-corrected chi connectivity index (χ1v) is 6.76. The molecule has 0 saturated heterocycles. The average Bonchev–Trinajstić information content (AvgIpc) is 2.55. The predicted octanol–water partition coefficient (Wildman–Crippen LogP) is 3.51. The first-order chi connectivity index (χ1) is 10.3. The van der Waals surface area contributed by atoms with E-state index in [9.17, 15) is 5.11 Å². The van der Waals surface area contributed by atoms with Gasteiger partial charge in [-0.25, -0.2) is 4.98 Å². The molecule has 4 rings (SSSR count). The normalized spacial score (nSPS) is 10.5. The van der Waals surface area contributed by atoms with Crippen LogP contribution in [0.25, 0.3) is 33.1 Å². The molecule has 0 aliphatic heterocycles. The number of nitrogens with zero attached hydrogens (tertiary/aromatic N) is 2. The molecule has 4 aromatic rings. The molecule has 102 valence electrons. The Hall–Kier alpha value is -2.34. The number of aromatic hydroxyl groups is 1. The Morgan fingerprint density at radius 2 is 1.45 bits per heavy atom. The summed E-state index contributed by atoms with van der Waals surface area (Å²) < 4.78 is 0. The van der Waals surface area contributed by atoms with Gasteiger partial charge in [0.2, 0.25) is 0 Å². The molecule has 0 bridgehead atoms. The number of phenolic OH excluding ortho intramolecular Hbond substituents is 1. The van der Waals surface area contributed by atoms with Crippen molar-refractivity contribution in [3.05, 3.63) is 66.9 Å². The van der Waals surface area contributed by atoms with E-state index in [4.69, 9.17) is 4.98 Å². The summed E-state index contributed by atoms with van der Waals surface area (Å²) in [5.41, 5.74) is 3.22. The van der Waals surface area contributed by atoms with Gasteiger partial charge >= 0.3 is 18.9 Å². The van der Waals surface area contributed by atoms with Crippen LogP contribution in [-0.2, 0) is 0 Å². The zero-order valence-corrected chi connectivity index (χ0v) is 11.2. The van der Waals surface area contributed by atoms with Crippen LogP contribution in [0.3, 0.4) is 0 Å². The van der Waals surface area contributed by atoms with Gasteiger partial charge in [0, 0.05) is 22.5 Å². The molecular weight excluding hydrogens is 267 g/mol. The minimum atomic E-state index is 0. The molecule has 0 aliphatic carbocycles. The molecule has 2 aromatic heterocycles. The van der Waals surface area contributed by atoms with Crippen LogP contribution in [0.5, 0.6) is 5.75 Å². The molecule has 2 heterocycles. The summed E-state index contributed by atoms with van der Waals surface area (Å²) in [6.07, 6.45) is 1.77. The van der Waals surface area contributed by atoms with E-state index < -0.39 is 0 Å². The third kappa shape index (κ3) is 2.35. The van der Waals surface area contributed by atoms with Crippen molar-refractivity contribution < 1.29 is 5.11 Å². The van der Waals surface area contributed by atoms with Crippen LogP contribution in [0.2, 0.25) is 0 Å². The second-order valence-corrected chi connectivity index (χ2v) is 4.93. The fourth-order valence-electron chi connectivity index (χ4n) is 2.56. The van der Waals surface area contributed by atoms with Gasteiger partial charge in [0.05, 0.1) is 16.7 Å². The topological polar surface area (TPSA) is 46.0 Å². The van der Waals surface area contributed by atoms with E-state index in [0.717, 1.165) is 33.1 Å². The van der Waals surface area contributed by atoms with Gasteiger partial charge < -0.3 is 5.11 Å². The van der Waals surface area contributed by atoms with Gasteiger partial charge in [-0.15, -0.1) is 0 Å². The van der Waals surface area contributed by atoms with Crippen molar-refractivity contribution in [2.45, 2.75) is 0 Å². The van der Waals surface area contributed by atoms with Gasteiger partial charge in [-0.05, 0) is 24.3 Å². The van der Waals surface area contributed by atoms with Crippen LogP contribution < -0.4 is 0 Å². The van der Waals surface area contributed by atoms with E-state index in [1.165, 1.54) is 0 Å². The first kappa shape index (κ1) is 14.6. The van der Waals surface area contributed by atoms with Crippen LogP contribution in [0.1, 0.15) is 0 Å². The van der Waals surface area contributed by atoms with Crippen LogP contribution in [-0.4, -0.2) is 33.9 Å². The molecule has 0 amide bonds. The predicted molar refractivity (Wildman–Crippen MR) is 91.3 cm³/mol. The van der Waals surface area contributed by atoms with E-state index in [1.807, 2.05) is 48.5 Å². The van der Waals surface area contributed by atoms with Crippen LogP contribution >= 0.6 is 0 Å². The second kappa shape index (κ2) is 5.80. The number of pyridine rings is 2. The molecule has 0 aliphatic rings. The fourth-order valence-corrected chi connectivity index (χ4v) is 2.56. The van der Waals surface area contributed by atoms with Crippen molar-refractivity contribution in [2.24, 2.45) is 0 Å². The van der Waals surface area contributed by atoms with Gasteiger partial charge in [-0.3, -0.25) is 4.98 Å². The van der Waals surface area contributed by atoms with E-state index in [1.54, 1.807) is 18.3 Å². The van der Waals surface area contributed by atoms with Crippen molar-refractivity contribution in [2.75, 3.05) is 0 Å². The van der Waals surface area contributed by atoms with Crippen molar-refractivity contribution in [1.29, 1.82) is 0 Å². The van der Waals surface area contributed by atoms with Gasteiger partial charge in [-0.1, -0.05) is 36.4 Å². The summed E-state index contributed by atoms with van der Waals surface area (Å²) in [6, 6.07) is 19.2. The number of aromatic nitrogens is 2. The molecule has 1 N–H and O–H groups in total. The number of hydrogen-bond donors (Lipinski definition) is 1. The average molecular weight is 280 g/mol. The Labute approximate surface area is 139 Å².